The molecule has 0 fully saturated rings. The summed E-state index contributed by atoms with van der Waals surface area (Å²) >= 11 is 0. The standard InChI is InChI=1S/C10H14.2CHNO.2CH4/c1-7-5-6-8(2)10(4)9(7)3;2*2-1-3;;/h5-6H,1-4H3;2*2H;2*1H4. The number of aryl methyl sites for hydroxylation is 2. The Kier molecular flexibility index (Phi) is 20.8. The van der Waals surface area contributed by atoms with E-state index in [0.29, 0.717) is 0 Å². The lowest BCUT2D eigenvalue weighted by molar-refractivity contribution is 0.562. The van der Waals surface area contributed by atoms with Gasteiger partial charge in [0.25, 0.3) is 0 Å². The summed E-state index contributed by atoms with van der Waals surface area (Å²) in [7, 11) is 0. The predicted octanol–water partition coefficient (Wildman–Crippen LogP) is 3.99. The molecule has 0 saturated carbocycles. The third kappa shape index (κ3) is 10.5. The number of nitrogens with one attached hydrogen (secondary N) is 2. The molecule has 18 heavy (non-hydrogen) atoms. The van der Waals surface area contributed by atoms with Crippen LogP contribution in [0, 0.1) is 38.5 Å². The minimum atomic E-state index is 0. The van der Waals surface area contributed by atoms with Crippen LogP contribution in [-0.2, 0) is 9.59 Å². The van der Waals surface area contributed by atoms with Crippen molar-refractivity contribution in [3.05, 3.63) is 34.4 Å². The summed E-state index contributed by atoms with van der Waals surface area (Å²) in [6, 6.07) is 4.36. The van der Waals surface area contributed by atoms with Crippen molar-refractivity contribution in [3.63, 3.8) is 0 Å². The van der Waals surface area contributed by atoms with Crippen molar-refractivity contribution in [2.45, 2.75) is 42.5 Å². The van der Waals surface area contributed by atoms with Gasteiger partial charge in [-0.15, -0.1) is 0 Å². The second kappa shape index (κ2) is 15.0. The summed E-state index contributed by atoms with van der Waals surface area (Å²) < 4.78 is 0. The maximum Gasteiger partial charge on any atom is 0.231 e. The van der Waals surface area contributed by atoms with Gasteiger partial charge in [0.15, 0.2) is 0 Å². The number of hydrogen-bond donors (Lipinski definition) is 2. The molecular weight excluding hydrogens is 228 g/mol. The molecule has 0 aliphatic heterocycles. The fourth-order valence-electron chi connectivity index (χ4n) is 1.09. The lowest BCUT2D eigenvalue weighted by Gasteiger charge is -2.06. The second-order valence-corrected chi connectivity index (χ2v) is 3.15. The first-order valence-corrected chi connectivity index (χ1v) is 4.57. The molecule has 0 bridgehead atoms. The van der Waals surface area contributed by atoms with Gasteiger partial charge in [-0.2, -0.15) is 0 Å². The molecule has 0 saturated heterocycles. The Morgan fingerprint density at radius 1 is 0.778 bits per heavy atom. The van der Waals surface area contributed by atoms with Crippen molar-refractivity contribution in [3.8, 4) is 0 Å². The number of carbonyl (C=O) groups excluding carboxylic acids is 2. The summed E-state index contributed by atoms with van der Waals surface area (Å²) in [5.74, 6) is 0. The van der Waals surface area contributed by atoms with E-state index in [0.717, 1.165) is 12.2 Å². The zero-order chi connectivity index (χ0) is 13.1. The maximum absolute atomic E-state index is 8.35. The van der Waals surface area contributed by atoms with Crippen molar-refractivity contribution >= 4 is 12.2 Å². The molecule has 1 rings (SSSR count). The Morgan fingerprint density at radius 2 is 0.944 bits per heavy atom. The molecule has 0 amide bonds. The second-order valence-electron chi connectivity index (χ2n) is 3.15. The van der Waals surface area contributed by atoms with Crippen LogP contribution in [0.3, 0.4) is 0 Å². The third-order valence-electron chi connectivity index (χ3n) is 2.33. The molecule has 4 heteroatoms. The molecule has 0 radical (unpaired) electrons. The van der Waals surface area contributed by atoms with E-state index < -0.39 is 0 Å². The van der Waals surface area contributed by atoms with Gasteiger partial charge in [0, 0.05) is 0 Å². The van der Waals surface area contributed by atoms with Gasteiger partial charge in [0.1, 0.15) is 0 Å². The highest BCUT2D eigenvalue weighted by atomic mass is 16.1. The fraction of sp³-hybridized carbons (Fsp3) is 0.429. The van der Waals surface area contributed by atoms with Gasteiger partial charge >= 0.3 is 0 Å². The predicted molar refractivity (Wildman–Crippen MR) is 75.7 cm³/mol. The first-order valence-electron chi connectivity index (χ1n) is 4.57. The molecule has 2 N–H and O–H groups in total. The zero-order valence-electron chi connectivity index (χ0n) is 9.97. The lowest BCUT2D eigenvalue weighted by atomic mass is 10.0. The fourth-order valence-corrected chi connectivity index (χ4v) is 1.09. The quantitative estimate of drug-likeness (QED) is 0.540. The average Bonchev–Trinajstić information content (AvgIpc) is 2.23. The Hall–Kier alpha value is -2.02. The van der Waals surface area contributed by atoms with Crippen LogP contribution in [0.25, 0.3) is 0 Å². The molecule has 0 spiro atoms. The molecule has 0 unspecified atom stereocenters. The highest BCUT2D eigenvalue weighted by Gasteiger charge is 1.97. The van der Waals surface area contributed by atoms with Gasteiger partial charge in [0.2, 0.25) is 12.2 Å². The van der Waals surface area contributed by atoms with E-state index in [2.05, 4.69) is 39.8 Å². The molecule has 0 heterocycles. The van der Waals surface area contributed by atoms with E-state index in [1.54, 1.807) is 0 Å². The highest BCUT2D eigenvalue weighted by Crippen LogP contribution is 2.15. The number of benzene rings is 1. The van der Waals surface area contributed by atoms with Gasteiger partial charge < -0.3 is 0 Å². The monoisotopic (exact) mass is 252 g/mol. The van der Waals surface area contributed by atoms with Gasteiger partial charge in [-0.25, -0.2) is 20.4 Å². The summed E-state index contributed by atoms with van der Waals surface area (Å²) in [5.41, 5.74) is 5.64. The van der Waals surface area contributed by atoms with Crippen molar-refractivity contribution in [1.82, 2.24) is 0 Å². The first-order chi connectivity index (χ1) is 7.45. The maximum atomic E-state index is 8.35. The van der Waals surface area contributed by atoms with Crippen molar-refractivity contribution in [2.75, 3.05) is 0 Å². The van der Waals surface area contributed by atoms with Gasteiger partial charge in [-0.05, 0) is 49.9 Å². The van der Waals surface area contributed by atoms with E-state index in [1.807, 2.05) is 0 Å². The van der Waals surface area contributed by atoms with Crippen molar-refractivity contribution < 1.29 is 9.59 Å². The number of hydrogen-bond acceptors (Lipinski definition) is 4. The summed E-state index contributed by atoms with van der Waals surface area (Å²) in [5, 5.41) is 10.8. The minimum absolute atomic E-state index is 0. The molecule has 0 atom stereocenters. The van der Waals surface area contributed by atoms with Crippen LogP contribution >= 0.6 is 0 Å². The molecule has 102 valence electrons. The normalized spacial score (nSPS) is 6.44. The molecule has 0 aromatic heterocycles. The van der Waals surface area contributed by atoms with Crippen molar-refractivity contribution in [2.24, 2.45) is 0 Å². The Balaban J connectivity index is -0.000000106. The minimum Gasteiger partial charge on any atom is -0.222 e. The van der Waals surface area contributed by atoms with Gasteiger partial charge in [0.05, 0.1) is 0 Å². The molecule has 1 aromatic rings. The molecule has 4 nitrogen and oxygen atoms in total. The Morgan fingerprint density at radius 3 is 1.11 bits per heavy atom. The molecule has 0 aliphatic rings. The number of isocyanates is 2. The summed E-state index contributed by atoms with van der Waals surface area (Å²) in [4.78, 5) is 16.7. The topological polar surface area (TPSA) is 81.8 Å². The van der Waals surface area contributed by atoms with Crippen LogP contribution in [0.15, 0.2) is 12.1 Å². The van der Waals surface area contributed by atoms with Crippen LogP contribution in [-0.4, -0.2) is 12.2 Å². The van der Waals surface area contributed by atoms with E-state index >= 15 is 0 Å². The highest BCUT2D eigenvalue weighted by molar-refractivity contribution is 5.37. The smallest absolute Gasteiger partial charge is 0.222 e. The molecule has 0 aliphatic carbocycles. The SMILES string of the molecule is C.C.Cc1ccc(C)c(C)c1C.N=C=O.N=C=O. The van der Waals surface area contributed by atoms with E-state index in [9.17, 15) is 0 Å². The van der Waals surface area contributed by atoms with Crippen molar-refractivity contribution in [1.29, 1.82) is 10.8 Å². The zero-order valence-corrected chi connectivity index (χ0v) is 9.97. The van der Waals surface area contributed by atoms with Crippen LogP contribution in [0.5, 0.6) is 0 Å². The summed E-state index contributed by atoms with van der Waals surface area (Å²) in [6.45, 7) is 8.67. The summed E-state index contributed by atoms with van der Waals surface area (Å²) in [6.07, 6.45) is 1.50. The number of rotatable bonds is 0. The molecule has 1 aromatic carbocycles. The van der Waals surface area contributed by atoms with Crippen LogP contribution in [0.2, 0.25) is 0 Å². The lowest BCUT2D eigenvalue weighted by Crippen LogP contribution is -1.88. The Bertz CT molecular complexity index is 362. The van der Waals surface area contributed by atoms with Gasteiger partial charge in [-0.3, -0.25) is 0 Å². The van der Waals surface area contributed by atoms with Gasteiger partial charge in [-0.1, -0.05) is 27.0 Å². The molecular formula is C14H24N2O2. The average molecular weight is 252 g/mol. The Labute approximate surface area is 110 Å². The van der Waals surface area contributed by atoms with E-state index in [-0.39, 0.29) is 14.9 Å². The van der Waals surface area contributed by atoms with Crippen LogP contribution in [0.1, 0.15) is 37.1 Å². The van der Waals surface area contributed by atoms with E-state index in [4.69, 9.17) is 20.4 Å². The van der Waals surface area contributed by atoms with E-state index in [1.165, 1.54) is 22.3 Å². The van der Waals surface area contributed by atoms with Crippen LogP contribution in [0.4, 0.5) is 0 Å². The third-order valence-corrected chi connectivity index (χ3v) is 2.33. The van der Waals surface area contributed by atoms with Crippen LogP contribution < -0.4 is 0 Å². The first kappa shape index (κ1) is 25.0. The largest absolute Gasteiger partial charge is 0.231 e.